The maximum Gasteiger partial charge on any atom is 0.282 e. The molecule has 2 fully saturated rings. The van der Waals surface area contributed by atoms with Crippen LogP contribution in [0.25, 0.3) is 0 Å². The summed E-state index contributed by atoms with van der Waals surface area (Å²) in [5, 5.41) is 9.15. The first kappa shape index (κ1) is 16.1. The van der Waals surface area contributed by atoms with Gasteiger partial charge in [0.15, 0.2) is 11.5 Å². The van der Waals surface area contributed by atoms with Crippen molar-refractivity contribution >= 4 is 16.0 Å². The Kier molecular flexibility index (Phi) is 4.75. The Morgan fingerprint density at radius 2 is 1.57 bits per heavy atom. The van der Waals surface area contributed by atoms with Crippen molar-refractivity contribution in [2.75, 3.05) is 44.2 Å². The van der Waals surface area contributed by atoms with Crippen LogP contribution in [-0.2, 0) is 10.2 Å². The van der Waals surface area contributed by atoms with E-state index in [4.69, 9.17) is 5.26 Å². The predicted octanol–water partition coefficient (Wildman–Crippen LogP) is 0.201. The van der Waals surface area contributed by atoms with Gasteiger partial charge >= 0.3 is 0 Å². The minimum Gasteiger partial charge on any atom is -0.353 e. The van der Waals surface area contributed by atoms with Crippen LogP contribution in [0.5, 0.6) is 0 Å². The van der Waals surface area contributed by atoms with Crippen LogP contribution in [-0.4, -0.2) is 66.3 Å². The average Bonchev–Trinajstić information content (AvgIpc) is 3.00. The molecule has 3 rings (SSSR count). The van der Waals surface area contributed by atoms with Gasteiger partial charge in [0.05, 0.1) is 0 Å². The molecule has 0 spiro atoms. The molecular weight excluding hydrogens is 316 g/mol. The SMILES string of the molecule is N#Cc1nccnc1N1CCCN(S(=O)(=O)N2CCCC2)CC1. The number of hydrogen-bond acceptors (Lipinski definition) is 6. The molecule has 1 aromatic heterocycles. The fourth-order valence-corrected chi connectivity index (χ4v) is 4.78. The normalized spacial score (nSPS) is 21.1. The fourth-order valence-electron chi connectivity index (χ4n) is 3.06. The number of rotatable bonds is 3. The van der Waals surface area contributed by atoms with E-state index in [-0.39, 0.29) is 5.69 Å². The van der Waals surface area contributed by atoms with Gasteiger partial charge in [-0.2, -0.15) is 22.3 Å². The van der Waals surface area contributed by atoms with Gasteiger partial charge in [-0.05, 0) is 19.3 Å². The topological polar surface area (TPSA) is 93.4 Å². The summed E-state index contributed by atoms with van der Waals surface area (Å²) in [5.41, 5.74) is 0.281. The summed E-state index contributed by atoms with van der Waals surface area (Å²) in [6.45, 7) is 3.31. The third-order valence-corrected chi connectivity index (χ3v) is 6.29. The van der Waals surface area contributed by atoms with E-state index in [1.165, 1.54) is 6.20 Å². The van der Waals surface area contributed by atoms with Crippen LogP contribution in [0, 0.1) is 11.3 Å². The molecule has 0 bridgehead atoms. The summed E-state index contributed by atoms with van der Waals surface area (Å²) >= 11 is 0. The summed E-state index contributed by atoms with van der Waals surface area (Å²) in [7, 11) is -3.37. The Balaban J connectivity index is 1.74. The lowest BCUT2D eigenvalue weighted by molar-refractivity contribution is 0.373. The molecule has 0 saturated carbocycles. The number of anilines is 1. The Hall–Kier alpha value is -1.76. The van der Waals surface area contributed by atoms with E-state index < -0.39 is 10.2 Å². The van der Waals surface area contributed by atoms with Gasteiger partial charge in [-0.3, -0.25) is 0 Å². The number of hydrogen-bond donors (Lipinski definition) is 0. The summed E-state index contributed by atoms with van der Waals surface area (Å²) in [5.74, 6) is 0.537. The zero-order chi connectivity index (χ0) is 16.3. The van der Waals surface area contributed by atoms with Gasteiger partial charge < -0.3 is 4.90 Å². The van der Waals surface area contributed by atoms with Gasteiger partial charge in [-0.15, -0.1) is 0 Å². The van der Waals surface area contributed by atoms with Crippen molar-refractivity contribution in [2.45, 2.75) is 19.3 Å². The third kappa shape index (κ3) is 3.29. The first-order valence-corrected chi connectivity index (χ1v) is 9.24. The van der Waals surface area contributed by atoms with Crippen molar-refractivity contribution in [2.24, 2.45) is 0 Å². The van der Waals surface area contributed by atoms with E-state index >= 15 is 0 Å². The summed E-state index contributed by atoms with van der Waals surface area (Å²) in [6, 6.07) is 2.04. The van der Waals surface area contributed by atoms with E-state index in [9.17, 15) is 8.42 Å². The molecule has 124 valence electrons. The lowest BCUT2D eigenvalue weighted by atomic mass is 10.3. The molecule has 0 atom stereocenters. The van der Waals surface area contributed by atoms with Gasteiger partial charge in [0, 0.05) is 51.7 Å². The molecule has 2 aliphatic rings. The second kappa shape index (κ2) is 6.78. The van der Waals surface area contributed by atoms with Crippen LogP contribution in [0.3, 0.4) is 0 Å². The molecule has 8 nitrogen and oxygen atoms in total. The Labute approximate surface area is 136 Å². The first-order chi connectivity index (χ1) is 11.1. The molecule has 0 unspecified atom stereocenters. The molecular formula is C14H20N6O2S. The largest absolute Gasteiger partial charge is 0.353 e. The molecule has 3 heterocycles. The molecule has 0 radical (unpaired) electrons. The molecule has 9 heteroatoms. The van der Waals surface area contributed by atoms with Crippen molar-refractivity contribution in [1.82, 2.24) is 18.6 Å². The van der Waals surface area contributed by atoms with Crippen LogP contribution >= 0.6 is 0 Å². The zero-order valence-corrected chi connectivity index (χ0v) is 13.7. The highest BCUT2D eigenvalue weighted by Gasteiger charge is 2.33. The predicted molar refractivity (Wildman–Crippen MR) is 84.9 cm³/mol. The Morgan fingerprint density at radius 1 is 0.913 bits per heavy atom. The van der Waals surface area contributed by atoms with E-state index in [1.54, 1.807) is 14.8 Å². The van der Waals surface area contributed by atoms with Crippen molar-refractivity contribution in [3.05, 3.63) is 18.1 Å². The monoisotopic (exact) mass is 336 g/mol. The van der Waals surface area contributed by atoms with Crippen LogP contribution in [0.15, 0.2) is 12.4 Å². The minimum atomic E-state index is -3.37. The Morgan fingerprint density at radius 3 is 2.30 bits per heavy atom. The highest BCUT2D eigenvalue weighted by atomic mass is 32.2. The van der Waals surface area contributed by atoms with Gasteiger partial charge in [0.2, 0.25) is 0 Å². The molecule has 0 amide bonds. The molecule has 2 saturated heterocycles. The minimum absolute atomic E-state index is 0.281. The summed E-state index contributed by atoms with van der Waals surface area (Å²) in [4.78, 5) is 10.2. The molecule has 2 aliphatic heterocycles. The van der Waals surface area contributed by atoms with Crippen LogP contribution in [0.2, 0.25) is 0 Å². The maximum absolute atomic E-state index is 12.7. The third-order valence-electron chi connectivity index (χ3n) is 4.26. The summed E-state index contributed by atoms with van der Waals surface area (Å²) in [6.07, 6.45) is 5.62. The lowest BCUT2D eigenvalue weighted by Crippen LogP contribution is -2.44. The number of nitrogens with zero attached hydrogens (tertiary/aromatic N) is 6. The Bertz CT molecular complexity index is 695. The van der Waals surface area contributed by atoms with E-state index in [1.807, 2.05) is 11.0 Å². The zero-order valence-electron chi connectivity index (χ0n) is 12.9. The van der Waals surface area contributed by atoms with E-state index in [2.05, 4.69) is 9.97 Å². The molecule has 0 aliphatic carbocycles. The number of aromatic nitrogens is 2. The quantitative estimate of drug-likeness (QED) is 0.783. The van der Waals surface area contributed by atoms with Crippen LogP contribution < -0.4 is 4.90 Å². The van der Waals surface area contributed by atoms with Gasteiger partial charge in [-0.1, -0.05) is 0 Å². The lowest BCUT2D eigenvalue weighted by Gasteiger charge is -2.26. The molecule has 23 heavy (non-hydrogen) atoms. The molecule has 0 N–H and O–H groups in total. The fraction of sp³-hybridized carbons (Fsp3) is 0.643. The summed E-state index contributed by atoms with van der Waals surface area (Å²) < 4.78 is 28.5. The van der Waals surface area contributed by atoms with E-state index in [0.717, 1.165) is 12.8 Å². The van der Waals surface area contributed by atoms with Crippen molar-refractivity contribution < 1.29 is 8.42 Å². The molecule has 0 aromatic carbocycles. The van der Waals surface area contributed by atoms with Crippen molar-refractivity contribution in [3.63, 3.8) is 0 Å². The van der Waals surface area contributed by atoms with Gasteiger partial charge in [0.1, 0.15) is 6.07 Å². The first-order valence-electron chi connectivity index (χ1n) is 7.84. The van der Waals surface area contributed by atoms with Crippen molar-refractivity contribution in [3.8, 4) is 6.07 Å². The van der Waals surface area contributed by atoms with Crippen molar-refractivity contribution in [1.29, 1.82) is 5.26 Å². The average molecular weight is 336 g/mol. The van der Waals surface area contributed by atoms with Gasteiger partial charge in [0.25, 0.3) is 10.2 Å². The van der Waals surface area contributed by atoms with E-state index in [0.29, 0.717) is 51.5 Å². The number of nitriles is 1. The van der Waals surface area contributed by atoms with Crippen LogP contribution in [0.4, 0.5) is 5.82 Å². The second-order valence-electron chi connectivity index (χ2n) is 5.69. The highest BCUT2D eigenvalue weighted by Crippen LogP contribution is 2.21. The van der Waals surface area contributed by atoms with Gasteiger partial charge in [-0.25, -0.2) is 9.97 Å². The standard InChI is InChI=1S/C14H20N6O2S/c15-12-13-14(17-5-4-16-13)18-6-3-9-20(11-10-18)23(21,22)19-7-1-2-8-19/h4-5H,1-3,6-11H2. The maximum atomic E-state index is 12.7. The molecule has 1 aromatic rings. The highest BCUT2D eigenvalue weighted by molar-refractivity contribution is 7.86. The smallest absolute Gasteiger partial charge is 0.282 e. The second-order valence-corrected chi connectivity index (χ2v) is 7.62. The van der Waals surface area contributed by atoms with Crippen LogP contribution in [0.1, 0.15) is 25.0 Å².